The summed E-state index contributed by atoms with van der Waals surface area (Å²) in [4.78, 5) is 11.9. The number of ether oxygens (including phenoxy) is 1. The third-order valence-corrected chi connectivity index (χ3v) is 3.42. The molecule has 3 nitrogen and oxygen atoms in total. The predicted octanol–water partition coefficient (Wildman–Crippen LogP) is 4.42. The van der Waals surface area contributed by atoms with Crippen LogP contribution in [0.2, 0.25) is 0 Å². The minimum Gasteiger partial charge on any atom is -0.496 e. The van der Waals surface area contributed by atoms with Gasteiger partial charge in [0.25, 0.3) is 0 Å². The summed E-state index contributed by atoms with van der Waals surface area (Å²) in [5.74, 6) is 0.540. The van der Waals surface area contributed by atoms with Crippen molar-refractivity contribution < 1.29 is 9.53 Å². The van der Waals surface area contributed by atoms with Crippen LogP contribution >= 0.6 is 15.9 Å². The molecule has 0 atom stereocenters. The third-order valence-electron chi connectivity index (χ3n) is 2.93. The summed E-state index contributed by atoms with van der Waals surface area (Å²) >= 11 is 3.40. The second kappa shape index (κ2) is 7.09. The molecular weight excluding hydrogens is 330 g/mol. The highest BCUT2D eigenvalue weighted by Crippen LogP contribution is 2.24. The molecule has 0 heterocycles. The van der Waals surface area contributed by atoms with Gasteiger partial charge in [-0.25, -0.2) is 0 Å². The molecule has 21 heavy (non-hydrogen) atoms. The van der Waals surface area contributed by atoms with E-state index >= 15 is 0 Å². The van der Waals surface area contributed by atoms with Crippen molar-refractivity contribution in [3.63, 3.8) is 0 Å². The number of carbonyl (C=O) groups excluding carboxylic acids is 1. The molecule has 108 valence electrons. The second-order valence-electron chi connectivity index (χ2n) is 4.57. The van der Waals surface area contributed by atoms with Gasteiger partial charge in [0.1, 0.15) is 5.75 Å². The van der Waals surface area contributed by atoms with Gasteiger partial charge in [-0.1, -0.05) is 33.6 Å². The van der Waals surface area contributed by atoms with Crippen LogP contribution < -0.4 is 10.1 Å². The van der Waals surface area contributed by atoms with Crippen LogP contribution in [-0.4, -0.2) is 13.0 Å². The fourth-order valence-corrected chi connectivity index (χ4v) is 2.20. The van der Waals surface area contributed by atoms with E-state index in [1.54, 1.807) is 13.2 Å². The fraction of sp³-hybridized carbons (Fsp3) is 0.118. The molecule has 0 unspecified atom stereocenters. The summed E-state index contributed by atoms with van der Waals surface area (Å²) in [6, 6.07) is 13.3. The zero-order valence-corrected chi connectivity index (χ0v) is 13.5. The van der Waals surface area contributed by atoms with Crippen molar-refractivity contribution in [1.29, 1.82) is 0 Å². The smallest absolute Gasteiger partial charge is 0.248 e. The number of halogens is 1. The van der Waals surface area contributed by atoms with Gasteiger partial charge in [-0.2, -0.15) is 0 Å². The number of hydrogen-bond acceptors (Lipinski definition) is 2. The molecular formula is C17H16BrNO2. The van der Waals surface area contributed by atoms with Gasteiger partial charge in [-0.15, -0.1) is 0 Å². The summed E-state index contributed by atoms with van der Waals surface area (Å²) in [7, 11) is 1.60. The van der Waals surface area contributed by atoms with Gasteiger partial charge >= 0.3 is 0 Å². The number of benzene rings is 2. The standard InChI is InChI=1S/C17H16BrNO2/c1-12-3-7-15(8-4-12)19-17(20)10-5-13-11-14(18)6-9-16(13)21-2/h3-11H,1-2H3,(H,19,20)/b10-5+. The number of amides is 1. The number of carbonyl (C=O) groups is 1. The lowest BCUT2D eigenvalue weighted by atomic mass is 10.2. The first-order valence-corrected chi connectivity index (χ1v) is 7.27. The zero-order valence-electron chi connectivity index (χ0n) is 11.9. The summed E-state index contributed by atoms with van der Waals surface area (Å²) in [6.45, 7) is 2.01. The van der Waals surface area contributed by atoms with E-state index in [2.05, 4.69) is 21.2 Å². The van der Waals surface area contributed by atoms with E-state index < -0.39 is 0 Å². The zero-order chi connectivity index (χ0) is 15.2. The van der Waals surface area contributed by atoms with Crippen LogP contribution in [0.15, 0.2) is 53.0 Å². The number of nitrogens with one attached hydrogen (secondary N) is 1. The minimum atomic E-state index is -0.180. The lowest BCUT2D eigenvalue weighted by Gasteiger charge is -2.05. The quantitative estimate of drug-likeness (QED) is 0.833. The van der Waals surface area contributed by atoms with Crippen molar-refractivity contribution in [2.24, 2.45) is 0 Å². The van der Waals surface area contributed by atoms with E-state index in [0.717, 1.165) is 27.0 Å². The largest absolute Gasteiger partial charge is 0.496 e. The number of hydrogen-bond donors (Lipinski definition) is 1. The van der Waals surface area contributed by atoms with Crippen molar-refractivity contribution >= 4 is 33.6 Å². The summed E-state index contributed by atoms with van der Waals surface area (Å²) in [5.41, 5.74) is 2.77. The average molecular weight is 346 g/mol. The molecule has 4 heteroatoms. The van der Waals surface area contributed by atoms with Crippen LogP contribution in [0.1, 0.15) is 11.1 Å². The first kappa shape index (κ1) is 15.3. The van der Waals surface area contributed by atoms with Crippen molar-refractivity contribution in [3.05, 3.63) is 64.1 Å². The Balaban J connectivity index is 2.08. The molecule has 0 aromatic heterocycles. The van der Waals surface area contributed by atoms with Gasteiger partial charge in [0.2, 0.25) is 5.91 Å². The SMILES string of the molecule is COc1ccc(Br)cc1/C=C/C(=O)Nc1ccc(C)cc1. The van der Waals surface area contributed by atoms with E-state index in [4.69, 9.17) is 4.74 Å². The number of rotatable bonds is 4. The molecule has 2 aromatic carbocycles. The van der Waals surface area contributed by atoms with Gasteiger partial charge in [-0.3, -0.25) is 4.79 Å². The number of anilines is 1. The molecule has 0 aliphatic carbocycles. The Kier molecular flexibility index (Phi) is 5.17. The molecule has 1 amide bonds. The fourth-order valence-electron chi connectivity index (χ4n) is 1.82. The number of aryl methyl sites for hydroxylation is 1. The Morgan fingerprint density at radius 1 is 1.19 bits per heavy atom. The molecule has 0 aliphatic rings. The Morgan fingerprint density at radius 3 is 2.57 bits per heavy atom. The van der Waals surface area contributed by atoms with Crippen molar-refractivity contribution in [2.45, 2.75) is 6.92 Å². The Bertz CT molecular complexity index is 663. The molecule has 0 aliphatic heterocycles. The summed E-state index contributed by atoms with van der Waals surface area (Å²) in [5, 5.41) is 2.81. The van der Waals surface area contributed by atoms with E-state index in [1.807, 2.05) is 49.4 Å². The van der Waals surface area contributed by atoms with E-state index in [0.29, 0.717) is 0 Å². The second-order valence-corrected chi connectivity index (χ2v) is 5.49. The molecule has 0 bridgehead atoms. The van der Waals surface area contributed by atoms with Crippen LogP contribution in [0, 0.1) is 6.92 Å². The number of methoxy groups -OCH3 is 1. The van der Waals surface area contributed by atoms with E-state index in [-0.39, 0.29) is 5.91 Å². The Hall–Kier alpha value is -2.07. The molecule has 1 N–H and O–H groups in total. The highest BCUT2D eigenvalue weighted by Gasteiger charge is 2.02. The van der Waals surface area contributed by atoms with Crippen LogP contribution in [0.4, 0.5) is 5.69 Å². The maximum atomic E-state index is 11.9. The summed E-state index contributed by atoms with van der Waals surface area (Å²) in [6.07, 6.45) is 3.22. The summed E-state index contributed by atoms with van der Waals surface area (Å²) < 4.78 is 6.19. The molecule has 2 aromatic rings. The maximum absolute atomic E-state index is 11.9. The predicted molar refractivity (Wildman–Crippen MR) is 89.5 cm³/mol. The van der Waals surface area contributed by atoms with Gasteiger partial charge in [0.15, 0.2) is 0 Å². The molecule has 0 spiro atoms. The van der Waals surface area contributed by atoms with Crippen LogP contribution in [-0.2, 0) is 4.79 Å². The lowest BCUT2D eigenvalue weighted by molar-refractivity contribution is -0.111. The first-order valence-electron chi connectivity index (χ1n) is 6.48. The van der Waals surface area contributed by atoms with Gasteiger partial charge in [0.05, 0.1) is 7.11 Å². The molecule has 2 rings (SSSR count). The molecule has 0 fully saturated rings. The topological polar surface area (TPSA) is 38.3 Å². The Labute approximate surface area is 132 Å². The van der Waals surface area contributed by atoms with Gasteiger partial charge in [0, 0.05) is 21.8 Å². The Morgan fingerprint density at radius 2 is 1.90 bits per heavy atom. The van der Waals surface area contributed by atoms with Crippen LogP contribution in [0.5, 0.6) is 5.75 Å². The average Bonchev–Trinajstić information content (AvgIpc) is 2.48. The molecule has 0 saturated carbocycles. The van der Waals surface area contributed by atoms with Crippen molar-refractivity contribution in [3.8, 4) is 5.75 Å². The normalized spacial score (nSPS) is 10.6. The molecule has 0 saturated heterocycles. The lowest BCUT2D eigenvalue weighted by Crippen LogP contribution is -2.07. The first-order chi connectivity index (χ1) is 10.1. The highest BCUT2D eigenvalue weighted by molar-refractivity contribution is 9.10. The van der Waals surface area contributed by atoms with Gasteiger partial charge in [-0.05, 0) is 43.3 Å². The minimum absolute atomic E-state index is 0.180. The van der Waals surface area contributed by atoms with Crippen LogP contribution in [0.3, 0.4) is 0 Å². The van der Waals surface area contributed by atoms with Crippen LogP contribution in [0.25, 0.3) is 6.08 Å². The van der Waals surface area contributed by atoms with Crippen molar-refractivity contribution in [2.75, 3.05) is 12.4 Å². The maximum Gasteiger partial charge on any atom is 0.248 e. The van der Waals surface area contributed by atoms with Crippen molar-refractivity contribution in [1.82, 2.24) is 0 Å². The van der Waals surface area contributed by atoms with Gasteiger partial charge < -0.3 is 10.1 Å². The highest BCUT2D eigenvalue weighted by atomic mass is 79.9. The third kappa shape index (κ3) is 4.46. The molecule has 0 radical (unpaired) electrons. The monoisotopic (exact) mass is 345 g/mol. The van der Waals surface area contributed by atoms with E-state index in [1.165, 1.54) is 6.08 Å². The van der Waals surface area contributed by atoms with E-state index in [9.17, 15) is 4.79 Å².